The van der Waals surface area contributed by atoms with Crippen LogP contribution in [0.2, 0.25) is 0 Å². The number of hydrogen-bond donors (Lipinski definition) is 1. The highest BCUT2D eigenvalue weighted by atomic mass is 32.2. The molecule has 2 aromatic carbocycles. The Morgan fingerprint density at radius 3 is 2.60 bits per heavy atom. The van der Waals surface area contributed by atoms with Gasteiger partial charge in [-0.2, -0.15) is 0 Å². The van der Waals surface area contributed by atoms with E-state index in [0.29, 0.717) is 11.0 Å². The van der Waals surface area contributed by atoms with Gasteiger partial charge in [0.25, 0.3) is 5.91 Å². The van der Waals surface area contributed by atoms with Gasteiger partial charge in [0.2, 0.25) is 5.13 Å². The van der Waals surface area contributed by atoms with E-state index in [2.05, 4.69) is 54.5 Å². The lowest BCUT2D eigenvalue weighted by atomic mass is 10.0. The van der Waals surface area contributed by atoms with Crippen molar-refractivity contribution in [3.8, 4) is 5.75 Å². The van der Waals surface area contributed by atoms with Crippen molar-refractivity contribution < 1.29 is 9.53 Å². The van der Waals surface area contributed by atoms with Crippen LogP contribution in [-0.4, -0.2) is 22.2 Å². The SMILES string of the molecule is Cc1ccccc1CSc1nnc(NC(=O)[C@@H](C)Oc2cc(C(C)C)ccc2C)s1. The van der Waals surface area contributed by atoms with Gasteiger partial charge in [0, 0.05) is 5.75 Å². The van der Waals surface area contributed by atoms with E-state index in [9.17, 15) is 4.79 Å². The topological polar surface area (TPSA) is 64.1 Å². The number of carbonyl (C=O) groups is 1. The van der Waals surface area contributed by atoms with E-state index in [4.69, 9.17) is 4.74 Å². The van der Waals surface area contributed by atoms with Crippen molar-refractivity contribution in [3.63, 3.8) is 0 Å². The highest BCUT2D eigenvalue weighted by Crippen LogP contribution is 2.29. The molecule has 0 fully saturated rings. The molecule has 0 saturated heterocycles. The predicted octanol–water partition coefficient (Wildman–Crippen LogP) is 5.98. The minimum Gasteiger partial charge on any atom is -0.481 e. The summed E-state index contributed by atoms with van der Waals surface area (Å²) in [6, 6.07) is 14.4. The van der Waals surface area contributed by atoms with Gasteiger partial charge in [-0.05, 0) is 55.0 Å². The second-order valence-corrected chi connectivity index (χ2v) is 9.72. The predicted molar refractivity (Wildman–Crippen MR) is 125 cm³/mol. The van der Waals surface area contributed by atoms with Gasteiger partial charge in [0.15, 0.2) is 10.4 Å². The van der Waals surface area contributed by atoms with Gasteiger partial charge in [0.1, 0.15) is 5.75 Å². The smallest absolute Gasteiger partial charge is 0.266 e. The van der Waals surface area contributed by atoms with Crippen LogP contribution in [0, 0.1) is 13.8 Å². The molecule has 7 heteroatoms. The third-order valence-corrected chi connectivity index (χ3v) is 6.82. The van der Waals surface area contributed by atoms with Gasteiger partial charge in [-0.25, -0.2) is 0 Å². The molecule has 0 bridgehead atoms. The van der Waals surface area contributed by atoms with Crippen LogP contribution in [0.25, 0.3) is 0 Å². The zero-order valence-corrected chi connectivity index (χ0v) is 19.6. The number of anilines is 1. The standard InChI is InChI=1S/C23H27N3O2S2/c1-14(2)18-11-10-16(4)20(12-18)28-17(5)21(27)24-22-25-26-23(30-22)29-13-19-9-7-6-8-15(19)3/h6-12,14,17H,13H2,1-5H3,(H,24,25,27)/t17-/m1/s1. The number of hydrogen-bond acceptors (Lipinski definition) is 6. The number of benzene rings is 2. The number of aryl methyl sites for hydroxylation is 2. The summed E-state index contributed by atoms with van der Waals surface area (Å²) in [4.78, 5) is 12.6. The fourth-order valence-corrected chi connectivity index (χ4v) is 4.61. The molecule has 1 amide bonds. The number of nitrogens with zero attached hydrogens (tertiary/aromatic N) is 2. The fourth-order valence-electron chi connectivity index (χ4n) is 2.78. The third-order valence-electron chi connectivity index (χ3n) is 4.80. The van der Waals surface area contributed by atoms with Crippen LogP contribution >= 0.6 is 23.1 Å². The van der Waals surface area contributed by atoms with Crippen LogP contribution in [0.3, 0.4) is 0 Å². The Morgan fingerprint density at radius 2 is 1.87 bits per heavy atom. The first-order chi connectivity index (χ1) is 14.3. The summed E-state index contributed by atoms with van der Waals surface area (Å²) in [5.74, 6) is 1.71. The molecule has 0 radical (unpaired) electrons. The summed E-state index contributed by atoms with van der Waals surface area (Å²) in [6.45, 7) is 10.1. The van der Waals surface area contributed by atoms with Crippen LogP contribution in [0.1, 0.15) is 48.9 Å². The number of carbonyl (C=O) groups excluding carboxylic acids is 1. The van der Waals surface area contributed by atoms with Crippen molar-refractivity contribution in [2.75, 3.05) is 5.32 Å². The van der Waals surface area contributed by atoms with Crippen LogP contribution < -0.4 is 10.1 Å². The molecule has 0 spiro atoms. The Morgan fingerprint density at radius 1 is 1.10 bits per heavy atom. The molecule has 3 aromatic rings. The molecule has 5 nitrogen and oxygen atoms in total. The van der Waals surface area contributed by atoms with Crippen molar-refractivity contribution in [2.24, 2.45) is 0 Å². The van der Waals surface area contributed by atoms with E-state index >= 15 is 0 Å². The first-order valence-electron chi connectivity index (χ1n) is 9.92. The molecule has 0 unspecified atom stereocenters. The maximum Gasteiger partial charge on any atom is 0.266 e. The largest absolute Gasteiger partial charge is 0.481 e. The van der Waals surface area contributed by atoms with Gasteiger partial charge < -0.3 is 4.74 Å². The first-order valence-corrected chi connectivity index (χ1v) is 11.7. The van der Waals surface area contributed by atoms with E-state index in [1.165, 1.54) is 28.0 Å². The Balaban J connectivity index is 1.57. The summed E-state index contributed by atoms with van der Waals surface area (Å²) in [6.07, 6.45) is -0.641. The Bertz CT molecular complexity index is 1020. The van der Waals surface area contributed by atoms with Crippen molar-refractivity contribution in [2.45, 2.75) is 56.7 Å². The summed E-state index contributed by atoms with van der Waals surface area (Å²) in [7, 11) is 0. The Kier molecular flexibility index (Phi) is 7.50. The number of ether oxygens (including phenoxy) is 1. The van der Waals surface area contributed by atoms with Crippen LogP contribution in [-0.2, 0) is 10.5 Å². The number of amides is 1. The summed E-state index contributed by atoms with van der Waals surface area (Å²) in [5.41, 5.74) is 4.71. The van der Waals surface area contributed by atoms with E-state index in [1.54, 1.807) is 18.7 Å². The van der Waals surface area contributed by atoms with Crippen LogP contribution in [0.15, 0.2) is 46.8 Å². The van der Waals surface area contributed by atoms with Crippen LogP contribution in [0.5, 0.6) is 5.75 Å². The quantitative estimate of drug-likeness (QED) is 0.344. The molecule has 1 N–H and O–H groups in total. The maximum absolute atomic E-state index is 12.6. The highest BCUT2D eigenvalue weighted by molar-refractivity contribution is 8.00. The minimum atomic E-state index is -0.641. The van der Waals surface area contributed by atoms with Gasteiger partial charge >= 0.3 is 0 Å². The van der Waals surface area contributed by atoms with Crippen LogP contribution in [0.4, 0.5) is 5.13 Å². The average Bonchev–Trinajstić information content (AvgIpc) is 3.16. The van der Waals surface area contributed by atoms with Crippen molar-refractivity contribution >= 4 is 34.1 Å². The maximum atomic E-state index is 12.6. The number of aromatic nitrogens is 2. The molecule has 1 aromatic heterocycles. The molecule has 0 aliphatic rings. The molecule has 1 atom stereocenters. The van der Waals surface area contributed by atoms with Crippen molar-refractivity contribution in [3.05, 3.63) is 64.7 Å². The van der Waals surface area contributed by atoms with E-state index in [1.807, 2.05) is 31.2 Å². The molecule has 3 rings (SSSR count). The zero-order chi connectivity index (χ0) is 21.7. The molecular formula is C23H27N3O2S2. The van der Waals surface area contributed by atoms with Gasteiger partial charge in [-0.3, -0.25) is 10.1 Å². The van der Waals surface area contributed by atoms with E-state index < -0.39 is 6.10 Å². The monoisotopic (exact) mass is 441 g/mol. The summed E-state index contributed by atoms with van der Waals surface area (Å²) in [5, 5.41) is 11.6. The summed E-state index contributed by atoms with van der Waals surface area (Å²) < 4.78 is 6.76. The van der Waals surface area contributed by atoms with Gasteiger partial charge in [-0.1, -0.05) is 73.3 Å². The lowest BCUT2D eigenvalue weighted by Gasteiger charge is -2.17. The molecular weight excluding hydrogens is 414 g/mol. The highest BCUT2D eigenvalue weighted by Gasteiger charge is 2.18. The van der Waals surface area contributed by atoms with E-state index in [-0.39, 0.29) is 5.91 Å². The first kappa shape index (κ1) is 22.3. The lowest BCUT2D eigenvalue weighted by Crippen LogP contribution is -2.30. The fraction of sp³-hybridized carbons (Fsp3) is 0.348. The summed E-state index contributed by atoms with van der Waals surface area (Å²) >= 11 is 2.99. The molecule has 30 heavy (non-hydrogen) atoms. The Hall–Kier alpha value is -2.38. The van der Waals surface area contributed by atoms with E-state index in [0.717, 1.165) is 21.4 Å². The molecule has 1 heterocycles. The van der Waals surface area contributed by atoms with Crippen molar-refractivity contribution in [1.29, 1.82) is 0 Å². The second-order valence-electron chi connectivity index (χ2n) is 7.52. The third kappa shape index (κ3) is 5.83. The number of nitrogens with one attached hydrogen (secondary N) is 1. The van der Waals surface area contributed by atoms with Crippen molar-refractivity contribution in [1.82, 2.24) is 10.2 Å². The Labute approximate surface area is 186 Å². The van der Waals surface area contributed by atoms with Gasteiger partial charge in [-0.15, -0.1) is 10.2 Å². The second kappa shape index (κ2) is 10.1. The van der Waals surface area contributed by atoms with Gasteiger partial charge in [0.05, 0.1) is 0 Å². The number of thioether (sulfide) groups is 1. The molecule has 0 aliphatic carbocycles. The lowest BCUT2D eigenvalue weighted by molar-refractivity contribution is -0.122. The minimum absolute atomic E-state index is 0.240. The molecule has 0 aliphatic heterocycles. The zero-order valence-electron chi connectivity index (χ0n) is 17.9. The average molecular weight is 442 g/mol. The molecule has 158 valence electrons. The molecule has 0 saturated carbocycles. The number of rotatable bonds is 8. The normalized spacial score (nSPS) is 12.1.